The maximum atomic E-state index is 12.3. The summed E-state index contributed by atoms with van der Waals surface area (Å²) >= 11 is 0. The van der Waals surface area contributed by atoms with Gasteiger partial charge < -0.3 is 14.2 Å². The Bertz CT molecular complexity index is 291. The summed E-state index contributed by atoms with van der Waals surface area (Å²) in [7, 11) is 0. The summed E-state index contributed by atoms with van der Waals surface area (Å²) in [5.41, 5.74) is -1.19. The van der Waals surface area contributed by atoms with E-state index in [0.717, 1.165) is 12.8 Å². The normalized spacial score (nSPS) is 17.9. The van der Waals surface area contributed by atoms with E-state index in [1.807, 2.05) is 6.92 Å². The Kier molecular flexibility index (Phi) is 6.28. The van der Waals surface area contributed by atoms with E-state index in [1.54, 1.807) is 13.8 Å². The molecule has 1 fully saturated rings. The topological polar surface area (TPSA) is 65.1 Å². The molecule has 1 heterocycles. The van der Waals surface area contributed by atoms with Crippen molar-refractivity contribution in [3.8, 4) is 0 Å². The fourth-order valence-electron chi connectivity index (χ4n) is 2.15. The number of hydrogen-bond donors (Lipinski definition) is 0. The molecule has 110 valence electrons. The van der Waals surface area contributed by atoms with Gasteiger partial charge in [-0.05, 0) is 20.3 Å². The van der Waals surface area contributed by atoms with E-state index in [0.29, 0.717) is 19.4 Å². The lowest BCUT2D eigenvalue weighted by Gasteiger charge is -2.28. The average Bonchev–Trinajstić information content (AvgIpc) is 3.18. The van der Waals surface area contributed by atoms with Crippen LogP contribution in [0.5, 0.6) is 0 Å². The quantitative estimate of drug-likeness (QED) is 0.365. The Morgan fingerprint density at radius 3 is 2.05 bits per heavy atom. The van der Waals surface area contributed by atoms with E-state index in [9.17, 15) is 9.59 Å². The fraction of sp³-hybridized carbons (Fsp3) is 0.857. The number of carbonyl (C=O) groups excluding carboxylic acids is 2. The first-order valence-electron chi connectivity index (χ1n) is 7.06. The van der Waals surface area contributed by atoms with Crippen molar-refractivity contribution >= 4 is 11.9 Å². The average molecular weight is 272 g/mol. The van der Waals surface area contributed by atoms with Crippen molar-refractivity contribution in [2.24, 2.45) is 5.41 Å². The molecule has 5 nitrogen and oxygen atoms in total. The van der Waals surface area contributed by atoms with Crippen LogP contribution in [-0.4, -0.2) is 37.9 Å². The molecular formula is C14H24O5. The summed E-state index contributed by atoms with van der Waals surface area (Å²) in [6.45, 7) is 6.62. The molecule has 0 amide bonds. The number of rotatable bonds is 9. The van der Waals surface area contributed by atoms with Crippen molar-refractivity contribution in [1.82, 2.24) is 0 Å². The third-order valence-electron chi connectivity index (χ3n) is 3.27. The number of ether oxygens (including phenoxy) is 3. The molecule has 19 heavy (non-hydrogen) atoms. The van der Waals surface area contributed by atoms with Gasteiger partial charge in [-0.15, -0.1) is 0 Å². The zero-order valence-electron chi connectivity index (χ0n) is 12.1. The predicted molar refractivity (Wildman–Crippen MR) is 69.6 cm³/mol. The molecule has 0 saturated carbocycles. The second kappa shape index (κ2) is 7.48. The van der Waals surface area contributed by atoms with Gasteiger partial charge >= 0.3 is 11.9 Å². The molecule has 1 aliphatic heterocycles. The molecule has 1 saturated heterocycles. The highest BCUT2D eigenvalue weighted by molar-refractivity contribution is 6.00. The summed E-state index contributed by atoms with van der Waals surface area (Å²) in [5, 5.41) is 0. The second-order valence-corrected chi connectivity index (χ2v) is 4.79. The first-order valence-corrected chi connectivity index (χ1v) is 7.06. The Hall–Kier alpha value is -1.10. The lowest BCUT2D eigenvalue weighted by Crippen LogP contribution is -2.43. The number of epoxide rings is 1. The van der Waals surface area contributed by atoms with Crippen LogP contribution in [0.25, 0.3) is 0 Å². The van der Waals surface area contributed by atoms with Crippen molar-refractivity contribution in [2.45, 2.75) is 52.6 Å². The Morgan fingerprint density at radius 1 is 1.16 bits per heavy atom. The molecule has 1 aliphatic rings. The molecule has 0 radical (unpaired) electrons. The van der Waals surface area contributed by atoms with Crippen LogP contribution < -0.4 is 0 Å². The van der Waals surface area contributed by atoms with Gasteiger partial charge in [0.25, 0.3) is 0 Å². The fourth-order valence-corrected chi connectivity index (χ4v) is 2.15. The number of carbonyl (C=O) groups is 2. The predicted octanol–water partition coefficient (Wildman–Crippen LogP) is 2.08. The van der Waals surface area contributed by atoms with Gasteiger partial charge in [0, 0.05) is 6.42 Å². The Balaban J connectivity index is 2.91. The highest BCUT2D eigenvalue weighted by atomic mass is 16.6. The number of hydrogen-bond acceptors (Lipinski definition) is 5. The van der Waals surface area contributed by atoms with Crippen molar-refractivity contribution in [3.05, 3.63) is 0 Å². The van der Waals surface area contributed by atoms with Crippen LogP contribution >= 0.6 is 0 Å². The van der Waals surface area contributed by atoms with E-state index in [-0.39, 0.29) is 19.3 Å². The SMILES string of the molecule is CCCCC(CC1CO1)(C(=O)OCC)C(=O)OCC. The van der Waals surface area contributed by atoms with E-state index in [1.165, 1.54) is 0 Å². The number of unbranched alkanes of at least 4 members (excludes halogenated alkanes) is 1. The first-order chi connectivity index (χ1) is 9.10. The standard InChI is InChI=1S/C14H24O5/c1-4-7-8-14(9-11-10-19-11,12(15)17-5-2)13(16)18-6-3/h11H,4-10H2,1-3H3. The van der Waals surface area contributed by atoms with Gasteiger partial charge in [0.05, 0.1) is 25.9 Å². The summed E-state index contributed by atoms with van der Waals surface area (Å²) in [6, 6.07) is 0. The van der Waals surface area contributed by atoms with Crippen LogP contribution in [0.3, 0.4) is 0 Å². The molecule has 0 aromatic rings. The van der Waals surface area contributed by atoms with Crippen molar-refractivity contribution in [3.63, 3.8) is 0 Å². The van der Waals surface area contributed by atoms with Gasteiger partial charge in [-0.25, -0.2) is 0 Å². The lowest BCUT2D eigenvalue weighted by molar-refractivity contribution is -0.174. The molecule has 1 atom stereocenters. The molecule has 0 aromatic heterocycles. The van der Waals surface area contributed by atoms with Gasteiger partial charge in [0.2, 0.25) is 0 Å². The maximum absolute atomic E-state index is 12.3. The van der Waals surface area contributed by atoms with E-state index < -0.39 is 17.4 Å². The summed E-state index contributed by atoms with van der Waals surface area (Å²) < 4.78 is 15.4. The van der Waals surface area contributed by atoms with Crippen molar-refractivity contribution in [1.29, 1.82) is 0 Å². The smallest absolute Gasteiger partial charge is 0.323 e. The van der Waals surface area contributed by atoms with E-state index in [4.69, 9.17) is 14.2 Å². The highest BCUT2D eigenvalue weighted by Crippen LogP contribution is 2.37. The van der Waals surface area contributed by atoms with Gasteiger partial charge in [0.15, 0.2) is 5.41 Å². The van der Waals surface area contributed by atoms with E-state index >= 15 is 0 Å². The molecule has 0 spiro atoms. The molecule has 5 heteroatoms. The molecular weight excluding hydrogens is 248 g/mol. The van der Waals surface area contributed by atoms with Crippen molar-refractivity contribution < 1.29 is 23.8 Å². The molecule has 1 unspecified atom stereocenters. The lowest BCUT2D eigenvalue weighted by atomic mass is 9.78. The third kappa shape index (κ3) is 4.20. The number of esters is 2. The van der Waals surface area contributed by atoms with Gasteiger partial charge in [-0.2, -0.15) is 0 Å². The second-order valence-electron chi connectivity index (χ2n) is 4.79. The summed E-state index contributed by atoms with van der Waals surface area (Å²) in [4.78, 5) is 24.5. The third-order valence-corrected chi connectivity index (χ3v) is 3.27. The van der Waals surface area contributed by atoms with Gasteiger partial charge in [-0.1, -0.05) is 19.8 Å². The molecule has 0 aromatic carbocycles. The largest absolute Gasteiger partial charge is 0.465 e. The van der Waals surface area contributed by atoms with Gasteiger partial charge in [-0.3, -0.25) is 9.59 Å². The van der Waals surface area contributed by atoms with Crippen LogP contribution in [0.4, 0.5) is 0 Å². The molecule has 0 bridgehead atoms. The van der Waals surface area contributed by atoms with Crippen LogP contribution in [-0.2, 0) is 23.8 Å². The minimum Gasteiger partial charge on any atom is -0.465 e. The summed E-state index contributed by atoms with van der Waals surface area (Å²) in [6.07, 6.45) is 2.49. The minimum atomic E-state index is -1.19. The first kappa shape index (κ1) is 16.0. The van der Waals surface area contributed by atoms with Crippen LogP contribution in [0.2, 0.25) is 0 Å². The highest BCUT2D eigenvalue weighted by Gasteiger charge is 2.51. The Morgan fingerprint density at radius 2 is 1.68 bits per heavy atom. The van der Waals surface area contributed by atoms with E-state index in [2.05, 4.69) is 0 Å². The zero-order valence-corrected chi connectivity index (χ0v) is 12.1. The van der Waals surface area contributed by atoms with Crippen LogP contribution in [0.15, 0.2) is 0 Å². The molecule has 0 aliphatic carbocycles. The summed E-state index contributed by atoms with van der Waals surface area (Å²) in [5.74, 6) is -0.949. The van der Waals surface area contributed by atoms with Gasteiger partial charge in [0.1, 0.15) is 0 Å². The van der Waals surface area contributed by atoms with Crippen molar-refractivity contribution in [2.75, 3.05) is 19.8 Å². The minimum absolute atomic E-state index is 0.0225. The monoisotopic (exact) mass is 272 g/mol. The molecule has 1 rings (SSSR count). The molecule has 0 N–H and O–H groups in total. The van der Waals surface area contributed by atoms with Crippen LogP contribution in [0, 0.1) is 5.41 Å². The Labute approximate surface area is 114 Å². The zero-order chi connectivity index (χ0) is 14.3. The van der Waals surface area contributed by atoms with Crippen LogP contribution in [0.1, 0.15) is 46.5 Å². The maximum Gasteiger partial charge on any atom is 0.323 e.